The molecule has 1 fully saturated rings. The normalized spacial score (nSPS) is 15.3. The molecule has 0 spiro atoms. The minimum atomic E-state index is -1.17. The van der Waals surface area contributed by atoms with Gasteiger partial charge in [-0.1, -0.05) is 6.07 Å². The number of phenolic OH excluding ortho intramolecular Hbond substituents is 1. The number of nitrogens with zero attached hydrogens (tertiary/aromatic N) is 1. The van der Waals surface area contributed by atoms with Crippen molar-refractivity contribution in [2.45, 2.75) is 6.92 Å². The lowest BCUT2D eigenvalue weighted by atomic mass is 10.1. The zero-order chi connectivity index (χ0) is 22.9. The number of carbonyl (C=O) groups is 3. The number of halogens is 2. The summed E-state index contributed by atoms with van der Waals surface area (Å²) in [6.07, 6.45) is 1.32. The van der Waals surface area contributed by atoms with Gasteiger partial charge in [0.1, 0.15) is 5.57 Å². The molecule has 0 bridgehead atoms. The fourth-order valence-electron chi connectivity index (χ4n) is 2.81. The molecule has 3 N–H and O–H groups in total. The van der Waals surface area contributed by atoms with Crippen LogP contribution in [-0.2, 0) is 9.59 Å². The molecule has 0 saturated carbocycles. The lowest BCUT2D eigenvalue weighted by molar-refractivity contribution is -0.122. The highest BCUT2D eigenvalue weighted by Gasteiger charge is 2.35. The zero-order valence-electron chi connectivity index (χ0n) is 15.8. The second-order valence-corrected chi connectivity index (χ2v) is 8.16. The highest BCUT2D eigenvalue weighted by Crippen LogP contribution is 2.42. The molecule has 2 aromatic rings. The predicted molar refractivity (Wildman–Crippen MR) is 124 cm³/mol. The first-order chi connectivity index (χ1) is 14.6. The molecule has 0 radical (unpaired) electrons. The lowest BCUT2D eigenvalue weighted by Crippen LogP contribution is -2.54. The number of amides is 2. The predicted octanol–water partition coefficient (Wildman–Crippen LogP) is 3.85. The van der Waals surface area contributed by atoms with Gasteiger partial charge < -0.3 is 14.9 Å². The van der Waals surface area contributed by atoms with Crippen LogP contribution in [0.2, 0.25) is 0 Å². The number of carboxylic acids is 1. The first-order valence-corrected chi connectivity index (χ1v) is 10.7. The second kappa shape index (κ2) is 9.16. The van der Waals surface area contributed by atoms with Crippen molar-refractivity contribution in [1.82, 2.24) is 5.32 Å². The molecular formula is C20H14Br2N2O6S. The molecule has 31 heavy (non-hydrogen) atoms. The van der Waals surface area contributed by atoms with Gasteiger partial charge in [0.25, 0.3) is 11.8 Å². The number of anilines is 1. The van der Waals surface area contributed by atoms with Crippen molar-refractivity contribution < 1.29 is 29.3 Å². The maximum absolute atomic E-state index is 13.2. The van der Waals surface area contributed by atoms with E-state index in [0.29, 0.717) is 16.6 Å². The number of thiocarbonyl (C=S) groups is 1. The molecule has 2 amide bonds. The van der Waals surface area contributed by atoms with Crippen molar-refractivity contribution in [2.24, 2.45) is 0 Å². The van der Waals surface area contributed by atoms with Crippen LogP contribution in [0.25, 0.3) is 6.08 Å². The van der Waals surface area contributed by atoms with Gasteiger partial charge in [0.15, 0.2) is 16.6 Å². The van der Waals surface area contributed by atoms with Crippen LogP contribution < -0.4 is 15.0 Å². The Labute approximate surface area is 198 Å². The number of nitrogens with one attached hydrogen (secondary N) is 1. The first-order valence-electron chi connectivity index (χ1n) is 8.74. The van der Waals surface area contributed by atoms with Crippen LogP contribution in [0.5, 0.6) is 11.5 Å². The third-order valence-electron chi connectivity index (χ3n) is 4.23. The van der Waals surface area contributed by atoms with Gasteiger partial charge in [-0.25, -0.2) is 4.79 Å². The number of carbonyl (C=O) groups excluding carboxylic acids is 2. The first kappa shape index (κ1) is 22.9. The molecule has 3 rings (SSSR count). The Hall–Kier alpha value is -2.76. The standard InChI is InChI=1S/C20H14Br2N2O6S/c1-2-30-13-8-10(14(21)15(22)16(13)25)7-12-17(26)23-20(31)24(18(12)27)11-5-3-4-9(6-11)19(28)29/h3-8,25H,2H2,1H3,(H,28,29)(H,23,26,31). The van der Waals surface area contributed by atoms with Crippen LogP contribution in [0.3, 0.4) is 0 Å². The fourth-order valence-corrected chi connectivity index (χ4v) is 3.93. The Balaban J connectivity index is 2.10. The van der Waals surface area contributed by atoms with Gasteiger partial charge in [0.05, 0.1) is 22.3 Å². The van der Waals surface area contributed by atoms with E-state index >= 15 is 0 Å². The maximum Gasteiger partial charge on any atom is 0.335 e. The van der Waals surface area contributed by atoms with E-state index in [0.717, 1.165) is 4.90 Å². The minimum Gasteiger partial charge on any atom is -0.503 e. The molecule has 2 aromatic carbocycles. The van der Waals surface area contributed by atoms with Crippen molar-refractivity contribution in [2.75, 3.05) is 11.5 Å². The van der Waals surface area contributed by atoms with E-state index in [1.165, 1.54) is 36.4 Å². The van der Waals surface area contributed by atoms with Crippen LogP contribution >= 0.6 is 44.1 Å². The summed E-state index contributed by atoms with van der Waals surface area (Å²) in [7, 11) is 0. The summed E-state index contributed by atoms with van der Waals surface area (Å²) in [5.41, 5.74) is 0.303. The minimum absolute atomic E-state index is 0.0397. The summed E-state index contributed by atoms with van der Waals surface area (Å²) in [5, 5.41) is 21.7. The molecule has 1 heterocycles. The molecule has 0 aliphatic carbocycles. The van der Waals surface area contributed by atoms with E-state index in [1.54, 1.807) is 6.92 Å². The highest BCUT2D eigenvalue weighted by atomic mass is 79.9. The van der Waals surface area contributed by atoms with E-state index in [9.17, 15) is 24.6 Å². The van der Waals surface area contributed by atoms with E-state index < -0.39 is 17.8 Å². The number of aromatic hydroxyl groups is 1. The number of ether oxygens (including phenoxy) is 1. The van der Waals surface area contributed by atoms with Crippen molar-refractivity contribution >= 4 is 78.7 Å². The van der Waals surface area contributed by atoms with Crippen molar-refractivity contribution in [3.8, 4) is 11.5 Å². The van der Waals surface area contributed by atoms with Crippen LogP contribution in [-0.4, -0.2) is 39.7 Å². The summed E-state index contributed by atoms with van der Waals surface area (Å²) >= 11 is 11.7. The number of carboxylic acid groups (broad SMARTS) is 1. The van der Waals surface area contributed by atoms with E-state index in [4.69, 9.17) is 17.0 Å². The topological polar surface area (TPSA) is 116 Å². The van der Waals surface area contributed by atoms with Gasteiger partial charge >= 0.3 is 5.97 Å². The number of phenols is 1. The van der Waals surface area contributed by atoms with Crippen LogP contribution in [0.1, 0.15) is 22.8 Å². The molecule has 1 saturated heterocycles. The zero-order valence-corrected chi connectivity index (χ0v) is 19.8. The van der Waals surface area contributed by atoms with Crippen molar-refractivity contribution in [3.63, 3.8) is 0 Å². The largest absolute Gasteiger partial charge is 0.503 e. The number of hydrogen-bond donors (Lipinski definition) is 3. The SMILES string of the molecule is CCOc1cc(C=C2C(=O)NC(=S)N(c3cccc(C(=O)O)c3)C2=O)c(Br)c(Br)c1O. The van der Waals surface area contributed by atoms with Crippen LogP contribution in [0.4, 0.5) is 5.69 Å². The summed E-state index contributed by atoms with van der Waals surface area (Å²) in [5.74, 6) is -2.59. The third-order valence-corrected chi connectivity index (χ3v) is 6.67. The van der Waals surface area contributed by atoms with Gasteiger partial charge in [-0.2, -0.15) is 0 Å². The molecular weight excluding hydrogens is 556 g/mol. The molecule has 8 nitrogen and oxygen atoms in total. The van der Waals surface area contributed by atoms with Crippen LogP contribution in [0, 0.1) is 0 Å². The summed E-state index contributed by atoms with van der Waals surface area (Å²) in [6, 6.07) is 7.10. The van der Waals surface area contributed by atoms with E-state index in [1.807, 2.05) is 0 Å². The van der Waals surface area contributed by atoms with Crippen LogP contribution in [0.15, 0.2) is 44.9 Å². The second-order valence-electron chi connectivity index (χ2n) is 6.19. The summed E-state index contributed by atoms with van der Waals surface area (Å²) in [4.78, 5) is 38.0. The molecule has 160 valence electrons. The summed E-state index contributed by atoms with van der Waals surface area (Å²) < 4.78 is 6.08. The average molecular weight is 570 g/mol. The van der Waals surface area contributed by atoms with Crippen molar-refractivity contribution in [1.29, 1.82) is 0 Å². The Kier molecular flexibility index (Phi) is 6.77. The Morgan fingerprint density at radius 3 is 2.61 bits per heavy atom. The van der Waals surface area contributed by atoms with Crippen molar-refractivity contribution in [3.05, 3.63) is 56.0 Å². The maximum atomic E-state index is 13.2. The number of rotatable bonds is 5. The molecule has 0 atom stereocenters. The smallest absolute Gasteiger partial charge is 0.335 e. The van der Waals surface area contributed by atoms with Gasteiger partial charge in [0, 0.05) is 4.47 Å². The lowest BCUT2D eigenvalue weighted by Gasteiger charge is -2.29. The molecule has 0 aromatic heterocycles. The van der Waals surface area contributed by atoms with Gasteiger partial charge in [-0.15, -0.1) is 0 Å². The average Bonchev–Trinajstić information content (AvgIpc) is 2.72. The highest BCUT2D eigenvalue weighted by molar-refractivity contribution is 9.13. The molecule has 11 heteroatoms. The fraction of sp³-hybridized carbons (Fsp3) is 0.100. The Bertz CT molecular complexity index is 1160. The van der Waals surface area contributed by atoms with Gasteiger partial charge in [-0.3, -0.25) is 19.8 Å². The number of aromatic carboxylic acids is 1. The third kappa shape index (κ3) is 4.48. The van der Waals surface area contributed by atoms with Gasteiger partial charge in [-0.05, 0) is 86.9 Å². The molecule has 0 unspecified atom stereocenters. The number of benzene rings is 2. The summed E-state index contributed by atoms with van der Waals surface area (Å²) in [6.45, 7) is 2.04. The molecule has 1 aliphatic rings. The monoisotopic (exact) mass is 568 g/mol. The Morgan fingerprint density at radius 2 is 1.97 bits per heavy atom. The number of hydrogen-bond acceptors (Lipinski definition) is 6. The van der Waals surface area contributed by atoms with E-state index in [-0.39, 0.29) is 37.9 Å². The Morgan fingerprint density at radius 1 is 1.26 bits per heavy atom. The molecule has 1 aliphatic heterocycles. The quantitative estimate of drug-likeness (QED) is 0.284. The van der Waals surface area contributed by atoms with E-state index in [2.05, 4.69) is 37.2 Å². The van der Waals surface area contributed by atoms with Gasteiger partial charge in [0.2, 0.25) is 0 Å².